The van der Waals surface area contributed by atoms with Crippen LogP contribution in [0.5, 0.6) is 0 Å². The van der Waals surface area contributed by atoms with E-state index in [1.807, 2.05) is 11.3 Å². The number of unbranched alkanes of at least 4 members (excludes halogenated alkanes) is 14. The predicted molar refractivity (Wildman–Crippen MR) is 190 cm³/mol. The average molecular weight is 583 g/mol. The van der Waals surface area contributed by atoms with Crippen molar-refractivity contribution in [2.75, 3.05) is 0 Å². The van der Waals surface area contributed by atoms with Gasteiger partial charge in [0.2, 0.25) is 0 Å². The molecule has 0 N–H and O–H groups in total. The fourth-order valence-corrected chi connectivity index (χ4v) is 7.86. The van der Waals surface area contributed by atoms with Crippen molar-refractivity contribution >= 4 is 21.4 Å². The van der Waals surface area contributed by atoms with Crippen LogP contribution >= 0.6 is 11.3 Å². The highest BCUT2D eigenvalue weighted by Crippen LogP contribution is 2.30. The Morgan fingerprint density at radius 1 is 0.488 bits per heavy atom. The van der Waals surface area contributed by atoms with Crippen LogP contribution in [-0.2, 0) is 12.8 Å². The summed E-state index contributed by atoms with van der Waals surface area (Å²) in [5.41, 5.74) is 3.35. The van der Waals surface area contributed by atoms with Gasteiger partial charge in [-0.1, -0.05) is 175 Å². The van der Waals surface area contributed by atoms with Crippen LogP contribution < -0.4 is 0 Å². The van der Waals surface area contributed by atoms with Gasteiger partial charge in [0.1, 0.15) is 0 Å². The largest absolute Gasteiger partial charge is 0.144 e. The number of benzene rings is 1. The lowest BCUT2D eigenvalue weighted by atomic mass is 9.90. The topological polar surface area (TPSA) is 0 Å². The molecule has 2 rings (SSSR count). The molecule has 0 amide bonds. The molecule has 236 valence electrons. The van der Waals surface area contributed by atoms with Crippen molar-refractivity contribution in [3.05, 3.63) is 34.7 Å². The zero-order valence-electron chi connectivity index (χ0n) is 28.3. The number of fused-ring (bicyclic) bond motifs is 1. The Balaban J connectivity index is 1.68. The van der Waals surface area contributed by atoms with Gasteiger partial charge in [0.15, 0.2) is 0 Å². The molecule has 0 nitrogen and oxygen atoms in total. The summed E-state index contributed by atoms with van der Waals surface area (Å²) in [6.07, 6.45) is 36.8. The molecule has 0 spiro atoms. The Kier molecular flexibility index (Phi) is 21.8. The Labute approximate surface area is 261 Å². The van der Waals surface area contributed by atoms with E-state index in [0.29, 0.717) is 0 Å². The summed E-state index contributed by atoms with van der Waals surface area (Å²) in [6.45, 7) is 9.47. The van der Waals surface area contributed by atoms with Crippen LogP contribution in [-0.4, -0.2) is 0 Å². The Morgan fingerprint density at radius 2 is 0.951 bits per heavy atom. The van der Waals surface area contributed by atoms with Crippen molar-refractivity contribution in [3.63, 3.8) is 0 Å². The van der Waals surface area contributed by atoms with Crippen LogP contribution in [0.4, 0.5) is 0 Å². The van der Waals surface area contributed by atoms with Gasteiger partial charge < -0.3 is 0 Å². The van der Waals surface area contributed by atoms with Gasteiger partial charge in [0.25, 0.3) is 0 Å². The Bertz CT molecular complexity index is 848. The summed E-state index contributed by atoms with van der Waals surface area (Å²) in [4.78, 5) is 0. The maximum atomic E-state index is 2.48. The molecule has 1 aromatic carbocycles. The SMILES string of the molecule is CCCCCCCCC(CC)CCCCCc1ccc2sccc2c1CCCCCC(CC)CCCCCCCC. The zero-order chi connectivity index (χ0) is 29.4. The molecule has 41 heavy (non-hydrogen) atoms. The van der Waals surface area contributed by atoms with Crippen molar-refractivity contribution < 1.29 is 0 Å². The molecule has 0 aliphatic carbocycles. The second-order valence-electron chi connectivity index (χ2n) is 13.4. The summed E-state index contributed by atoms with van der Waals surface area (Å²) >= 11 is 1.92. The van der Waals surface area contributed by atoms with Gasteiger partial charge in [0, 0.05) is 4.70 Å². The van der Waals surface area contributed by atoms with Crippen molar-refractivity contribution in [1.29, 1.82) is 0 Å². The molecule has 1 aromatic heterocycles. The molecule has 0 saturated heterocycles. The monoisotopic (exact) mass is 583 g/mol. The average Bonchev–Trinajstić information content (AvgIpc) is 3.48. The summed E-state index contributed by atoms with van der Waals surface area (Å²) in [7, 11) is 0. The highest BCUT2D eigenvalue weighted by molar-refractivity contribution is 7.17. The fourth-order valence-electron chi connectivity index (χ4n) is 7.05. The van der Waals surface area contributed by atoms with Crippen LogP contribution in [0.15, 0.2) is 23.6 Å². The smallest absolute Gasteiger partial charge is 0.0345 e. The van der Waals surface area contributed by atoms with E-state index in [1.54, 1.807) is 16.5 Å². The normalized spacial score (nSPS) is 13.3. The molecule has 2 aromatic rings. The van der Waals surface area contributed by atoms with Crippen LogP contribution in [0.3, 0.4) is 0 Å². The van der Waals surface area contributed by atoms with Gasteiger partial charge in [-0.05, 0) is 71.5 Å². The third kappa shape index (κ3) is 16.0. The zero-order valence-corrected chi connectivity index (χ0v) is 29.1. The molecule has 0 fully saturated rings. The Hall–Kier alpha value is -0.820. The van der Waals surface area contributed by atoms with Crippen LogP contribution in [0, 0.1) is 11.8 Å². The first-order valence-corrected chi connectivity index (χ1v) is 19.6. The molecule has 2 atom stereocenters. The third-order valence-corrected chi connectivity index (χ3v) is 10.9. The van der Waals surface area contributed by atoms with E-state index in [0.717, 1.165) is 11.8 Å². The number of hydrogen-bond acceptors (Lipinski definition) is 1. The third-order valence-electron chi connectivity index (χ3n) is 10.0. The molecule has 2 unspecified atom stereocenters. The van der Waals surface area contributed by atoms with E-state index < -0.39 is 0 Å². The first kappa shape index (κ1) is 36.4. The predicted octanol–water partition coefficient (Wildman–Crippen LogP) is 14.7. The van der Waals surface area contributed by atoms with Crippen LogP contribution in [0.1, 0.15) is 193 Å². The fraction of sp³-hybridized carbons (Fsp3) is 0.800. The molecular formula is C40H70S. The first-order valence-electron chi connectivity index (χ1n) is 18.7. The molecular weight excluding hydrogens is 513 g/mol. The lowest BCUT2D eigenvalue weighted by Crippen LogP contribution is -2.01. The summed E-state index contributed by atoms with van der Waals surface area (Å²) in [6, 6.07) is 7.29. The minimum atomic E-state index is 0.968. The number of hydrogen-bond donors (Lipinski definition) is 0. The van der Waals surface area contributed by atoms with E-state index in [9.17, 15) is 0 Å². The van der Waals surface area contributed by atoms with Gasteiger partial charge in [-0.2, -0.15) is 0 Å². The summed E-state index contributed by atoms with van der Waals surface area (Å²) < 4.78 is 1.49. The van der Waals surface area contributed by atoms with Gasteiger partial charge in [0.05, 0.1) is 0 Å². The second kappa shape index (κ2) is 24.6. The molecule has 0 saturated carbocycles. The minimum Gasteiger partial charge on any atom is -0.144 e. The van der Waals surface area contributed by atoms with E-state index in [1.165, 1.54) is 172 Å². The molecule has 0 radical (unpaired) electrons. The van der Waals surface area contributed by atoms with Crippen molar-refractivity contribution in [1.82, 2.24) is 0 Å². The van der Waals surface area contributed by atoms with E-state index >= 15 is 0 Å². The molecule has 1 heteroatoms. The van der Waals surface area contributed by atoms with E-state index in [-0.39, 0.29) is 0 Å². The van der Waals surface area contributed by atoms with E-state index in [2.05, 4.69) is 51.3 Å². The molecule has 0 aliphatic rings. The second-order valence-corrected chi connectivity index (χ2v) is 14.3. The number of thiophene rings is 1. The summed E-state index contributed by atoms with van der Waals surface area (Å²) in [5.74, 6) is 1.94. The van der Waals surface area contributed by atoms with Crippen molar-refractivity contribution in [2.45, 2.75) is 195 Å². The van der Waals surface area contributed by atoms with Gasteiger partial charge >= 0.3 is 0 Å². The molecule has 0 aliphatic heterocycles. The van der Waals surface area contributed by atoms with Crippen molar-refractivity contribution in [3.8, 4) is 0 Å². The van der Waals surface area contributed by atoms with E-state index in [4.69, 9.17) is 0 Å². The Morgan fingerprint density at radius 3 is 1.46 bits per heavy atom. The minimum absolute atomic E-state index is 0.968. The van der Waals surface area contributed by atoms with Gasteiger partial charge in [-0.3, -0.25) is 0 Å². The highest BCUT2D eigenvalue weighted by Gasteiger charge is 2.11. The van der Waals surface area contributed by atoms with Crippen LogP contribution in [0.25, 0.3) is 10.1 Å². The number of rotatable bonds is 28. The number of aryl methyl sites for hydroxylation is 2. The van der Waals surface area contributed by atoms with Gasteiger partial charge in [-0.25, -0.2) is 0 Å². The van der Waals surface area contributed by atoms with Gasteiger partial charge in [-0.15, -0.1) is 11.3 Å². The molecule has 1 heterocycles. The summed E-state index contributed by atoms with van der Waals surface area (Å²) in [5, 5.41) is 3.87. The quantitative estimate of drug-likeness (QED) is 0.0875. The standard InChI is InChI=1S/C40H70S/c1-5-9-11-13-15-19-25-35(7-3)27-21-17-23-29-37-31-32-40-39(33-34-41-40)38(37)30-24-18-22-28-36(8-4)26-20-16-14-12-10-6-2/h31-36H,5-30H2,1-4H3. The first-order chi connectivity index (χ1) is 20.2. The lowest BCUT2D eigenvalue weighted by molar-refractivity contribution is 0.394. The maximum absolute atomic E-state index is 2.48. The highest BCUT2D eigenvalue weighted by atomic mass is 32.1. The maximum Gasteiger partial charge on any atom is 0.0345 e. The van der Waals surface area contributed by atoms with Crippen LogP contribution in [0.2, 0.25) is 0 Å². The molecule has 0 bridgehead atoms. The lowest BCUT2D eigenvalue weighted by Gasteiger charge is -2.16. The van der Waals surface area contributed by atoms with Crippen molar-refractivity contribution in [2.24, 2.45) is 11.8 Å².